The van der Waals surface area contributed by atoms with Crippen LogP contribution in [0, 0.1) is 5.92 Å². The highest BCUT2D eigenvalue weighted by Crippen LogP contribution is 2.40. The SMILES string of the molecule is CCC(C)C(=O)SCC(F)(F)C(F)(F)S(=O)(=O)O. The molecule has 0 fully saturated rings. The molecule has 0 spiro atoms. The van der Waals surface area contributed by atoms with Gasteiger partial charge in [-0.25, -0.2) is 0 Å². The van der Waals surface area contributed by atoms with Crippen LogP contribution in [0.2, 0.25) is 0 Å². The Labute approximate surface area is 106 Å². The molecule has 1 atom stereocenters. The molecule has 0 saturated heterocycles. The van der Waals surface area contributed by atoms with Gasteiger partial charge in [0.2, 0.25) is 0 Å². The Morgan fingerprint density at radius 2 is 1.78 bits per heavy atom. The van der Waals surface area contributed by atoms with Crippen molar-refractivity contribution in [1.82, 2.24) is 0 Å². The van der Waals surface area contributed by atoms with Crippen molar-refractivity contribution in [2.24, 2.45) is 5.92 Å². The van der Waals surface area contributed by atoms with Gasteiger partial charge < -0.3 is 0 Å². The number of carbonyl (C=O) groups excluding carboxylic acids is 1. The van der Waals surface area contributed by atoms with Gasteiger partial charge in [0, 0.05) is 5.92 Å². The predicted molar refractivity (Wildman–Crippen MR) is 58.4 cm³/mol. The summed E-state index contributed by atoms with van der Waals surface area (Å²) in [4.78, 5) is 11.2. The maximum absolute atomic E-state index is 13.0. The summed E-state index contributed by atoms with van der Waals surface area (Å²) in [6.07, 6.45) is 0.339. The maximum Gasteiger partial charge on any atom is 0.432 e. The number of alkyl halides is 4. The molecular formula is C8H12F4O4S2. The van der Waals surface area contributed by atoms with Crippen molar-refractivity contribution >= 4 is 27.0 Å². The summed E-state index contributed by atoms with van der Waals surface area (Å²) in [6, 6.07) is 0. The minimum Gasteiger partial charge on any atom is -0.287 e. The van der Waals surface area contributed by atoms with Gasteiger partial charge in [0.25, 0.3) is 0 Å². The standard InChI is InChI=1S/C8H12F4O4S2/c1-3-5(2)6(13)17-4-7(9,10)8(11,12)18(14,15)16/h5H,3-4H2,1-2H3,(H,14,15,16). The lowest BCUT2D eigenvalue weighted by molar-refractivity contribution is -0.143. The van der Waals surface area contributed by atoms with Gasteiger partial charge in [-0.2, -0.15) is 26.0 Å². The average Bonchev–Trinajstić information content (AvgIpc) is 2.22. The summed E-state index contributed by atoms with van der Waals surface area (Å²) in [7, 11) is -6.24. The monoisotopic (exact) mass is 312 g/mol. The van der Waals surface area contributed by atoms with Gasteiger partial charge >= 0.3 is 21.3 Å². The first-order valence-corrected chi connectivity index (χ1v) is 7.18. The van der Waals surface area contributed by atoms with E-state index in [2.05, 4.69) is 0 Å². The minimum absolute atomic E-state index is 0.0854. The fourth-order valence-corrected chi connectivity index (χ4v) is 2.24. The third-order valence-electron chi connectivity index (χ3n) is 2.16. The summed E-state index contributed by atoms with van der Waals surface area (Å²) in [5.74, 6) is -7.36. The van der Waals surface area contributed by atoms with Crippen molar-refractivity contribution in [2.75, 3.05) is 5.75 Å². The van der Waals surface area contributed by atoms with Crippen LogP contribution in [0.15, 0.2) is 0 Å². The third kappa shape index (κ3) is 3.82. The fourth-order valence-electron chi connectivity index (χ4n) is 0.743. The number of halogens is 4. The summed E-state index contributed by atoms with van der Waals surface area (Å²) in [6.45, 7) is 3.03. The molecule has 18 heavy (non-hydrogen) atoms. The molecule has 10 heteroatoms. The van der Waals surface area contributed by atoms with Crippen LogP contribution in [0.25, 0.3) is 0 Å². The van der Waals surface area contributed by atoms with Crippen LogP contribution >= 0.6 is 11.8 Å². The molecule has 108 valence electrons. The van der Waals surface area contributed by atoms with E-state index in [1.807, 2.05) is 0 Å². The molecule has 0 aromatic heterocycles. The lowest BCUT2D eigenvalue weighted by Crippen LogP contribution is -2.48. The molecule has 1 unspecified atom stereocenters. The highest BCUT2D eigenvalue weighted by Gasteiger charge is 2.65. The Bertz CT molecular complexity index is 407. The van der Waals surface area contributed by atoms with E-state index in [1.54, 1.807) is 6.92 Å². The quantitative estimate of drug-likeness (QED) is 0.602. The molecule has 0 bridgehead atoms. The van der Waals surface area contributed by atoms with Gasteiger partial charge in [-0.05, 0) is 6.42 Å². The lowest BCUT2D eigenvalue weighted by atomic mass is 10.1. The smallest absolute Gasteiger partial charge is 0.287 e. The third-order valence-corrected chi connectivity index (χ3v) is 4.30. The summed E-state index contributed by atoms with van der Waals surface area (Å²) < 4.78 is 79.8. The molecule has 0 rings (SSSR count). The Balaban J connectivity index is 4.83. The molecule has 1 N–H and O–H groups in total. The molecule has 0 heterocycles. The summed E-state index contributed by atoms with van der Waals surface area (Å²) in [5, 5.41) is -6.37. The molecule has 0 saturated carbocycles. The Morgan fingerprint density at radius 3 is 2.11 bits per heavy atom. The number of carbonyl (C=O) groups is 1. The lowest BCUT2D eigenvalue weighted by Gasteiger charge is -2.23. The zero-order valence-corrected chi connectivity index (χ0v) is 11.1. The first kappa shape index (κ1) is 17.6. The molecule has 4 nitrogen and oxygen atoms in total. The van der Waals surface area contributed by atoms with Gasteiger partial charge in [-0.1, -0.05) is 25.6 Å². The van der Waals surface area contributed by atoms with Crippen LogP contribution in [0.5, 0.6) is 0 Å². The summed E-state index contributed by atoms with van der Waals surface area (Å²) >= 11 is -0.0854. The predicted octanol–water partition coefficient (Wildman–Crippen LogP) is 2.41. The fraction of sp³-hybridized carbons (Fsp3) is 0.875. The zero-order chi connectivity index (χ0) is 14.8. The van der Waals surface area contributed by atoms with E-state index in [4.69, 9.17) is 4.55 Å². The van der Waals surface area contributed by atoms with E-state index in [-0.39, 0.29) is 11.8 Å². The van der Waals surface area contributed by atoms with E-state index in [0.717, 1.165) is 0 Å². The summed E-state index contributed by atoms with van der Waals surface area (Å²) in [5.41, 5.74) is 0. The molecule has 0 aromatic rings. The maximum atomic E-state index is 13.0. The van der Waals surface area contributed by atoms with Crippen LogP contribution in [0.1, 0.15) is 20.3 Å². The van der Waals surface area contributed by atoms with E-state index in [1.165, 1.54) is 6.92 Å². The van der Waals surface area contributed by atoms with Crippen LogP contribution in [-0.2, 0) is 14.9 Å². The average molecular weight is 312 g/mol. The molecule has 0 aromatic carbocycles. The second-order valence-corrected chi connectivity index (χ2v) is 6.06. The zero-order valence-electron chi connectivity index (χ0n) is 9.49. The van der Waals surface area contributed by atoms with E-state index in [9.17, 15) is 30.8 Å². The van der Waals surface area contributed by atoms with Crippen molar-refractivity contribution in [3.63, 3.8) is 0 Å². The van der Waals surface area contributed by atoms with Gasteiger partial charge in [-0.15, -0.1) is 0 Å². The first-order chi connectivity index (χ1) is 7.87. The molecule has 0 aliphatic rings. The molecule has 0 amide bonds. The minimum atomic E-state index is -6.24. The van der Waals surface area contributed by atoms with Crippen molar-refractivity contribution < 1.29 is 35.3 Å². The number of hydrogen-bond donors (Lipinski definition) is 1. The number of thioether (sulfide) groups is 1. The van der Waals surface area contributed by atoms with Crippen LogP contribution in [0.4, 0.5) is 17.6 Å². The van der Waals surface area contributed by atoms with Gasteiger partial charge in [-0.3, -0.25) is 9.35 Å². The van der Waals surface area contributed by atoms with Crippen LogP contribution in [0.3, 0.4) is 0 Å². The van der Waals surface area contributed by atoms with Crippen LogP contribution in [-0.4, -0.2) is 35.0 Å². The normalized spacial score (nSPS) is 15.5. The van der Waals surface area contributed by atoms with Gasteiger partial charge in [0.1, 0.15) is 0 Å². The molecule has 0 radical (unpaired) electrons. The largest absolute Gasteiger partial charge is 0.432 e. The highest BCUT2D eigenvalue weighted by atomic mass is 32.2. The Kier molecular flexibility index (Phi) is 5.63. The van der Waals surface area contributed by atoms with E-state index >= 15 is 0 Å². The topological polar surface area (TPSA) is 71.4 Å². The van der Waals surface area contributed by atoms with Gasteiger partial charge in [0.05, 0.1) is 5.75 Å². The highest BCUT2D eigenvalue weighted by molar-refractivity contribution is 8.13. The van der Waals surface area contributed by atoms with Crippen molar-refractivity contribution in [2.45, 2.75) is 31.4 Å². The Hall–Kier alpha value is -0.350. The second kappa shape index (κ2) is 5.74. The van der Waals surface area contributed by atoms with Crippen molar-refractivity contribution in [3.8, 4) is 0 Å². The number of rotatable bonds is 6. The van der Waals surface area contributed by atoms with Crippen LogP contribution < -0.4 is 0 Å². The van der Waals surface area contributed by atoms with E-state index < -0.39 is 38.1 Å². The Morgan fingerprint density at radius 1 is 1.33 bits per heavy atom. The molecule has 0 aliphatic heterocycles. The van der Waals surface area contributed by atoms with Crippen molar-refractivity contribution in [3.05, 3.63) is 0 Å². The first-order valence-electron chi connectivity index (χ1n) is 4.76. The van der Waals surface area contributed by atoms with Gasteiger partial charge in [0.15, 0.2) is 5.12 Å². The molecule has 0 aliphatic carbocycles. The van der Waals surface area contributed by atoms with E-state index in [0.29, 0.717) is 6.42 Å². The number of hydrogen-bond acceptors (Lipinski definition) is 4. The van der Waals surface area contributed by atoms with Crippen molar-refractivity contribution in [1.29, 1.82) is 0 Å². The molecular weight excluding hydrogens is 300 g/mol. The second-order valence-electron chi connectivity index (χ2n) is 3.61.